The average Bonchev–Trinajstić information content (AvgIpc) is 2.36. The lowest BCUT2D eigenvalue weighted by Crippen LogP contribution is -2.36. The van der Waals surface area contributed by atoms with Crippen LogP contribution in [0.2, 0.25) is 5.02 Å². The van der Waals surface area contributed by atoms with Gasteiger partial charge in [-0.2, -0.15) is 0 Å². The summed E-state index contributed by atoms with van der Waals surface area (Å²) >= 11 is 5.78. The third-order valence-corrected chi connectivity index (χ3v) is 4.58. The lowest BCUT2D eigenvalue weighted by molar-refractivity contribution is 0.162. The van der Waals surface area contributed by atoms with Crippen molar-refractivity contribution in [3.8, 4) is 0 Å². The van der Waals surface area contributed by atoms with Crippen molar-refractivity contribution in [2.75, 3.05) is 6.54 Å². The minimum Gasteiger partial charge on any atom is -0.330 e. The van der Waals surface area contributed by atoms with E-state index in [4.69, 9.17) is 17.3 Å². The maximum Gasteiger partial charge on any atom is 0.127 e. The Morgan fingerprint density at radius 1 is 1.39 bits per heavy atom. The van der Waals surface area contributed by atoms with Gasteiger partial charge < -0.3 is 5.73 Å². The van der Waals surface area contributed by atoms with Crippen molar-refractivity contribution < 1.29 is 4.39 Å². The Kier molecular flexibility index (Phi) is 4.29. The van der Waals surface area contributed by atoms with Crippen molar-refractivity contribution in [3.63, 3.8) is 0 Å². The molecule has 1 aliphatic carbocycles. The number of halogens is 2. The monoisotopic (exact) mass is 269 g/mol. The van der Waals surface area contributed by atoms with Crippen LogP contribution in [0.5, 0.6) is 0 Å². The first-order valence-corrected chi connectivity index (χ1v) is 7.06. The van der Waals surface area contributed by atoms with Crippen LogP contribution in [0.3, 0.4) is 0 Å². The van der Waals surface area contributed by atoms with E-state index in [0.717, 1.165) is 30.7 Å². The molecule has 0 bridgehead atoms. The zero-order valence-electron chi connectivity index (χ0n) is 10.9. The molecule has 0 aromatic heterocycles. The Bertz CT molecular complexity index is 411. The minimum atomic E-state index is -0.200. The molecule has 18 heavy (non-hydrogen) atoms. The van der Waals surface area contributed by atoms with Crippen LogP contribution in [-0.2, 0) is 6.42 Å². The summed E-state index contributed by atoms with van der Waals surface area (Å²) in [5.74, 6) is 0.577. The maximum absolute atomic E-state index is 13.9. The van der Waals surface area contributed by atoms with Gasteiger partial charge in [0.2, 0.25) is 0 Å². The largest absolute Gasteiger partial charge is 0.330 e. The van der Waals surface area contributed by atoms with E-state index in [-0.39, 0.29) is 11.2 Å². The first-order valence-electron chi connectivity index (χ1n) is 6.69. The second kappa shape index (κ2) is 5.58. The standard InChI is InChI=1S/C15H21ClFN/c1-11-4-6-15(10-18,7-5-11)9-12-2-3-13(16)8-14(12)17/h2-3,8,11H,4-7,9-10,18H2,1H3. The summed E-state index contributed by atoms with van der Waals surface area (Å²) in [6.45, 7) is 2.92. The van der Waals surface area contributed by atoms with Crippen LogP contribution in [-0.4, -0.2) is 6.54 Å². The van der Waals surface area contributed by atoms with Crippen LogP contribution < -0.4 is 5.73 Å². The number of rotatable bonds is 3. The molecule has 100 valence electrons. The molecular formula is C15H21ClFN. The van der Waals surface area contributed by atoms with Gasteiger partial charge in [-0.05, 0) is 54.8 Å². The van der Waals surface area contributed by atoms with Gasteiger partial charge in [0.05, 0.1) is 0 Å². The van der Waals surface area contributed by atoms with Gasteiger partial charge in [-0.25, -0.2) is 4.39 Å². The molecule has 1 fully saturated rings. The topological polar surface area (TPSA) is 26.0 Å². The fourth-order valence-corrected chi connectivity index (χ4v) is 3.06. The molecule has 1 aliphatic rings. The number of nitrogens with two attached hydrogens (primary N) is 1. The molecule has 0 unspecified atom stereocenters. The van der Waals surface area contributed by atoms with E-state index in [9.17, 15) is 4.39 Å². The highest BCUT2D eigenvalue weighted by Crippen LogP contribution is 2.41. The normalized spacial score (nSPS) is 28.3. The molecule has 2 rings (SSSR count). The Hall–Kier alpha value is -0.600. The van der Waals surface area contributed by atoms with Gasteiger partial charge in [-0.3, -0.25) is 0 Å². The molecule has 1 nitrogen and oxygen atoms in total. The van der Waals surface area contributed by atoms with Gasteiger partial charge in [-0.1, -0.05) is 37.4 Å². The molecule has 1 aromatic carbocycles. The van der Waals surface area contributed by atoms with E-state index in [1.165, 1.54) is 18.9 Å². The third-order valence-electron chi connectivity index (χ3n) is 4.35. The molecule has 0 aliphatic heterocycles. The number of hydrogen-bond donors (Lipinski definition) is 1. The minimum absolute atomic E-state index is 0.0845. The summed E-state index contributed by atoms with van der Waals surface area (Å²) in [6.07, 6.45) is 5.34. The lowest BCUT2D eigenvalue weighted by atomic mass is 9.68. The second-order valence-corrected chi connectivity index (χ2v) is 6.24. The summed E-state index contributed by atoms with van der Waals surface area (Å²) in [5.41, 5.74) is 6.80. The van der Waals surface area contributed by atoms with E-state index < -0.39 is 0 Å². The van der Waals surface area contributed by atoms with E-state index in [1.54, 1.807) is 12.1 Å². The predicted molar refractivity (Wildman–Crippen MR) is 74.2 cm³/mol. The predicted octanol–water partition coefficient (Wildman–Crippen LogP) is 4.18. The van der Waals surface area contributed by atoms with Crippen LogP contribution in [0, 0.1) is 17.2 Å². The molecule has 0 radical (unpaired) electrons. The molecule has 0 spiro atoms. The van der Waals surface area contributed by atoms with Crippen molar-refractivity contribution in [3.05, 3.63) is 34.6 Å². The van der Waals surface area contributed by atoms with Gasteiger partial charge in [0, 0.05) is 5.02 Å². The van der Waals surface area contributed by atoms with Gasteiger partial charge in [0.15, 0.2) is 0 Å². The first-order chi connectivity index (χ1) is 8.54. The van der Waals surface area contributed by atoms with E-state index >= 15 is 0 Å². The molecule has 2 N–H and O–H groups in total. The molecule has 0 amide bonds. The maximum atomic E-state index is 13.9. The Morgan fingerprint density at radius 3 is 2.61 bits per heavy atom. The Balaban J connectivity index is 2.15. The first kappa shape index (κ1) is 13.8. The van der Waals surface area contributed by atoms with Gasteiger partial charge in [0.1, 0.15) is 5.82 Å². The van der Waals surface area contributed by atoms with Crippen LogP contribution in [0.1, 0.15) is 38.2 Å². The van der Waals surface area contributed by atoms with Crippen LogP contribution in [0.25, 0.3) is 0 Å². The smallest absolute Gasteiger partial charge is 0.127 e. The van der Waals surface area contributed by atoms with Crippen LogP contribution in [0.15, 0.2) is 18.2 Å². The zero-order chi connectivity index (χ0) is 13.2. The second-order valence-electron chi connectivity index (χ2n) is 5.80. The summed E-state index contributed by atoms with van der Waals surface area (Å²) in [6, 6.07) is 4.95. The average molecular weight is 270 g/mol. The SMILES string of the molecule is CC1CCC(CN)(Cc2ccc(Cl)cc2F)CC1. The van der Waals surface area contributed by atoms with Crippen molar-refractivity contribution in [2.24, 2.45) is 17.1 Å². The summed E-state index contributed by atoms with van der Waals surface area (Å²) < 4.78 is 13.9. The summed E-state index contributed by atoms with van der Waals surface area (Å²) in [7, 11) is 0. The van der Waals surface area contributed by atoms with Crippen molar-refractivity contribution in [1.29, 1.82) is 0 Å². The third kappa shape index (κ3) is 3.04. The van der Waals surface area contributed by atoms with E-state index in [0.29, 0.717) is 11.6 Å². The number of benzene rings is 1. The molecule has 0 heterocycles. The molecule has 1 saturated carbocycles. The van der Waals surface area contributed by atoms with Crippen molar-refractivity contribution >= 4 is 11.6 Å². The number of hydrogen-bond acceptors (Lipinski definition) is 1. The summed E-state index contributed by atoms with van der Waals surface area (Å²) in [4.78, 5) is 0. The quantitative estimate of drug-likeness (QED) is 0.875. The highest BCUT2D eigenvalue weighted by molar-refractivity contribution is 6.30. The van der Waals surface area contributed by atoms with Crippen molar-refractivity contribution in [1.82, 2.24) is 0 Å². The van der Waals surface area contributed by atoms with Crippen LogP contribution >= 0.6 is 11.6 Å². The summed E-state index contributed by atoms with van der Waals surface area (Å²) in [5, 5.41) is 0.454. The fourth-order valence-electron chi connectivity index (χ4n) is 2.90. The lowest BCUT2D eigenvalue weighted by Gasteiger charge is -2.39. The van der Waals surface area contributed by atoms with E-state index in [1.807, 2.05) is 0 Å². The molecule has 0 saturated heterocycles. The fraction of sp³-hybridized carbons (Fsp3) is 0.600. The van der Waals surface area contributed by atoms with Gasteiger partial charge >= 0.3 is 0 Å². The Morgan fingerprint density at radius 2 is 2.06 bits per heavy atom. The molecular weight excluding hydrogens is 249 g/mol. The highest BCUT2D eigenvalue weighted by Gasteiger charge is 2.33. The van der Waals surface area contributed by atoms with E-state index in [2.05, 4.69) is 6.92 Å². The molecule has 3 heteroatoms. The molecule has 1 aromatic rings. The highest BCUT2D eigenvalue weighted by atomic mass is 35.5. The Labute approximate surface area is 114 Å². The van der Waals surface area contributed by atoms with Crippen LogP contribution in [0.4, 0.5) is 4.39 Å². The zero-order valence-corrected chi connectivity index (χ0v) is 11.6. The van der Waals surface area contributed by atoms with Gasteiger partial charge in [-0.15, -0.1) is 0 Å². The van der Waals surface area contributed by atoms with Gasteiger partial charge in [0.25, 0.3) is 0 Å². The molecule has 0 atom stereocenters. The van der Waals surface area contributed by atoms with Crippen molar-refractivity contribution in [2.45, 2.75) is 39.0 Å².